The molecule has 3 rings (SSSR count). The van der Waals surface area contributed by atoms with Gasteiger partial charge in [-0.1, -0.05) is 17.4 Å². The van der Waals surface area contributed by atoms with Gasteiger partial charge < -0.3 is 10.1 Å². The van der Waals surface area contributed by atoms with E-state index in [0.29, 0.717) is 40.0 Å². The van der Waals surface area contributed by atoms with Gasteiger partial charge in [0, 0.05) is 35.7 Å². The Morgan fingerprint density at radius 1 is 1.13 bits per heavy atom. The van der Waals surface area contributed by atoms with Crippen LogP contribution < -0.4 is 15.4 Å². The van der Waals surface area contributed by atoms with Crippen LogP contribution in [0.1, 0.15) is 31.3 Å². The van der Waals surface area contributed by atoms with Crippen LogP contribution in [0.3, 0.4) is 0 Å². The van der Waals surface area contributed by atoms with E-state index in [4.69, 9.17) is 4.74 Å². The molecule has 0 bridgehead atoms. The lowest BCUT2D eigenvalue weighted by atomic mass is 10.1. The average Bonchev–Trinajstić information content (AvgIpc) is 3.20. The third-order valence-corrected chi connectivity index (χ3v) is 5.20. The number of methoxy groups -OCH3 is 1. The molecule has 2 N–H and O–H groups in total. The van der Waals surface area contributed by atoms with Crippen LogP contribution in [0.5, 0.6) is 5.75 Å². The van der Waals surface area contributed by atoms with Gasteiger partial charge in [0.1, 0.15) is 10.8 Å². The Hall–Kier alpha value is -3.86. The third kappa shape index (κ3) is 5.60. The van der Waals surface area contributed by atoms with Gasteiger partial charge in [0.2, 0.25) is 5.13 Å². The van der Waals surface area contributed by atoms with E-state index in [2.05, 4.69) is 20.8 Å². The summed E-state index contributed by atoms with van der Waals surface area (Å²) >= 11 is 1.19. The molecular formula is C20H19N5O5S. The molecule has 10 nitrogen and oxygen atoms in total. The van der Waals surface area contributed by atoms with Gasteiger partial charge in [-0.3, -0.25) is 25.0 Å². The Morgan fingerprint density at radius 2 is 1.90 bits per heavy atom. The van der Waals surface area contributed by atoms with E-state index < -0.39 is 10.8 Å². The summed E-state index contributed by atoms with van der Waals surface area (Å²) in [4.78, 5) is 35.0. The highest BCUT2D eigenvalue weighted by Gasteiger charge is 2.15. The van der Waals surface area contributed by atoms with Gasteiger partial charge in [0.05, 0.1) is 12.0 Å². The van der Waals surface area contributed by atoms with Gasteiger partial charge in [-0.15, -0.1) is 10.2 Å². The normalized spacial score (nSPS) is 10.4. The molecule has 3 aromatic rings. The lowest BCUT2D eigenvalue weighted by Gasteiger charge is -2.05. The van der Waals surface area contributed by atoms with Crippen molar-refractivity contribution >= 4 is 34.0 Å². The fraction of sp³-hybridized carbons (Fsp3) is 0.200. The van der Waals surface area contributed by atoms with Crippen molar-refractivity contribution in [3.8, 4) is 5.75 Å². The highest BCUT2D eigenvalue weighted by molar-refractivity contribution is 7.15. The highest BCUT2D eigenvalue weighted by atomic mass is 32.1. The number of aryl methyl sites for hydroxylation is 1. The van der Waals surface area contributed by atoms with Gasteiger partial charge in [-0.2, -0.15) is 0 Å². The molecule has 2 aromatic carbocycles. The number of hydrogen-bond acceptors (Lipinski definition) is 8. The Labute approximate surface area is 181 Å². The van der Waals surface area contributed by atoms with Crippen LogP contribution in [0.15, 0.2) is 42.5 Å². The summed E-state index contributed by atoms with van der Waals surface area (Å²) in [5.41, 5.74) is 1.11. The minimum Gasteiger partial charge on any atom is -0.497 e. The fourth-order valence-corrected chi connectivity index (χ4v) is 3.46. The maximum atomic E-state index is 12.4. The van der Waals surface area contributed by atoms with E-state index in [1.165, 1.54) is 36.6 Å². The van der Waals surface area contributed by atoms with E-state index in [9.17, 15) is 19.7 Å². The smallest absolute Gasteiger partial charge is 0.272 e. The second-order valence-electron chi connectivity index (χ2n) is 6.45. The molecule has 0 aliphatic heterocycles. The van der Waals surface area contributed by atoms with Crippen molar-refractivity contribution in [1.29, 1.82) is 0 Å². The number of rotatable bonds is 8. The number of anilines is 1. The molecule has 2 amide bonds. The van der Waals surface area contributed by atoms with Crippen LogP contribution in [-0.2, 0) is 6.42 Å². The molecule has 11 heteroatoms. The molecule has 0 saturated carbocycles. The predicted molar refractivity (Wildman–Crippen MR) is 115 cm³/mol. The number of nitrogens with one attached hydrogen (secondary N) is 2. The molecule has 0 radical (unpaired) electrons. The van der Waals surface area contributed by atoms with Crippen LogP contribution in [0.4, 0.5) is 10.8 Å². The molecule has 1 heterocycles. The second kappa shape index (κ2) is 9.76. The zero-order valence-corrected chi connectivity index (χ0v) is 17.6. The number of amides is 2. The minimum absolute atomic E-state index is 0.0502. The van der Waals surface area contributed by atoms with Gasteiger partial charge in [0.25, 0.3) is 17.5 Å². The van der Waals surface area contributed by atoms with Gasteiger partial charge in [-0.25, -0.2) is 0 Å². The van der Waals surface area contributed by atoms with Crippen LogP contribution in [0.25, 0.3) is 0 Å². The number of nitro benzene ring substituents is 1. The number of carbonyl (C=O) groups is 2. The minimum atomic E-state index is -0.499. The Bertz CT molecular complexity index is 1130. The molecule has 0 aliphatic rings. The van der Waals surface area contributed by atoms with Crippen molar-refractivity contribution in [3.05, 3.63) is 74.3 Å². The summed E-state index contributed by atoms with van der Waals surface area (Å²) in [5, 5.41) is 25.2. The molecule has 0 atom stereocenters. The summed E-state index contributed by atoms with van der Waals surface area (Å²) in [6, 6.07) is 11.0. The first kappa shape index (κ1) is 21.8. The number of nitro groups is 1. The van der Waals surface area contributed by atoms with Crippen molar-refractivity contribution < 1.29 is 19.2 Å². The summed E-state index contributed by atoms with van der Waals surface area (Å²) in [6.45, 7) is 1.91. The van der Waals surface area contributed by atoms with Crippen molar-refractivity contribution in [2.24, 2.45) is 0 Å². The van der Waals surface area contributed by atoms with Crippen molar-refractivity contribution in [3.63, 3.8) is 0 Å². The maximum Gasteiger partial charge on any atom is 0.272 e. The van der Waals surface area contributed by atoms with E-state index in [0.717, 1.165) is 0 Å². The molecule has 1 aromatic heterocycles. The summed E-state index contributed by atoms with van der Waals surface area (Å²) in [6.07, 6.45) is 0.444. The van der Waals surface area contributed by atoms with E-state index in [-0.39, 0.29) is 17.2 Å². The average molecular weight is 441 g/mol. The number of aromatic nitrogens is 2. The molecule has 31 heavy (non-hydrogen) atoms. The maximum absolute atomic E-state index is 12.4. The van der Waals surface area contributed by atoms with Gasteiger partial charge in [0.15, 0.2) is 0 Å². The second-order valence-corrected chi connectivity index (χ2v) is 7.51. The quantitative estimate of drug-likeness (QED) is 0.405. The molecule has 0 aliphatic carbocycles. The number of nitrogens with zero attached hydrogens (tertiary/aromatic N) is 3. The fourth-order valence-electron chi connectivity index (χ4n) is 2.73. The number of ether oxygens (including phenoxy) is 1. The topological polar surface area (TPSA) is 136 Å². The van der Waals surface area contributed by atoms with Crippen LogP contribution in [-0.4, -0.2) is 40.6 Å². The molecule has 0 spiro atoms. The van der Waals surface area contributed by atoms with Crippen LogP contribution in [0.2, 0.25) is 0 Å². The molecule has 0 unspecified atom stereocenters. The molecule has 0 fully saturated rings. The van der Waals surface area contributed by atoms with Crippen molar-refractivity contribution in [2.75, 3.05) is 19.0 Å². The van der Waals surface area contributed by atoms with E-state index in [1.807, 2.05) is 0 Å². The zero-order chi connectivity index (χ0) is 22.4. The number of carbonyl (C=O) groups excluding carboxylic acids is 2. The van der Waals surface area contributed by atoms with Crippen molar-refractivity contribution in [2.45, 2.75) is 13.3 Å². The van der Waals surface area contributed by atoms with Crippen molar-refractivity contribution in [1.82, 2.24) is 15.5 Å². The lowest BCUT2D eigenvalue weighted by Crippen LogP contribution is -2.25. The molecular weight excluding hydrogens is 422 g/mol. The summed E-state index contributed by atoms with van der Waals surface area (Å²) < 4.78 is 5.11. The predicted octanol–water partition coefficient (Wildman–Crippen LogP) is 2.99. The van der Waals surface area contributed by atoms with Crippen LogP contribution >= 0.6 is 11.3 Å². The first-order valence-corrected chi connectivity index (χ1v) is 10.00. The summed E-state index contributed by atoms with van der Waals surface area (Å²) in [5.74, 6) is -0.0714. The Kier molecular flexibility index (Phi) is 6.88. The van der Waals surface area contributed by atoms with Gasteiger partial charge >= 0.3 is 0 Å². The van der Waals surface area contributed by atoms with Gasteiger partial charge in [-0.05, 0) is 37.3 Å². The SMILES string of the molecule is COc1cccc(C(=O)NCCc2nnc(NC(=O)c3ccc([N+](=O)[O-])c(C)c3)s2)c1. The number of hydrogen-bond donors (Lipinski definition) is 2. The lowest BCUT2D eigenvalue weighted by molar-refractivity contribution is -0.385. The molecule has 160 valence electrons. The van der Waals surface area contributed by atoms with Crippen LogP contribution in [0, 0.1) is 17.0 Å². The monoisotopic (exact) mass is 441 g/mol. The Morgan fingerprint density at radius 3 is 2.61 bits per heavy atom. The number of benzene rings is 2. The standard InChI is InChI=1S/C20H19N5O5S/c1-12-10-14(6-7-16(12)25(28)29)19(27)22-20-24-23-17(31-20)8-9-21-18(26)13-4-3-5-15(11-13)30-2/h3-7,10-11H,8-9H2,1-2H3,(H,21,26)(H,22,24,27). The third-order valence-electron chi connectivity index (χ3n) is 4.30. The van der Waals surface area contributed by atoms with E-state index >= 15 is 0 Å². The highest BCUT2D eigenvalue weighted by Crippen LogP contribution is 2.21. The largest absolute Gasteiger partial charge is 0.497 e. The molecule has 0 saturated heterocycles. The van der Waals surface area contributed by atoms with E-state index in [1.54, 1.807) is 31.2 Å². The zero-order valence-electron chi connectivity index (χ0n) is 16.7. The summed E-state index contributed by atoms with van der Waals surface area (Å²) in [7, 11) is 1.53. The first-order valence-electron chi connectivity index (χ1n) is 9.18. The first-order chi connectivity index (χ1) is 14.9. The Balaban J connectivity index is 1.53.